The van der Waals surface area contributed by atoms with E-state index in [1.54, 1.807) is 0 Å². The highest BCUT2D eigenvalue weighted by Crippen LogP contribution is 2.15. The Kier molecular flexibility index (Phi) is 2.68. The third-order valence-electron chi connectivity index (χ3n) is 2.57. The largest absolute Gasteiger partial charge is 0.367 e. The van der Waals surface area contributed by atoms with E-state index in [9.17, 15) is 0 Å². The van der Waals surface area contributed by atoms with Crippen molar-refractivity contribution in [3.05, 3.63) is 24.5 Å². The number of pyridine rings is 1. The molecule has 0 aromatic carbocycles. The van der Waals surface area contributed by atoms with Crippen molar-refractivity contribution in [1.82, 2.24) is 10.3 Å². The number of aromatic nitrogens is 1. The molecule has 1 aromatic heterocycles. The molecule has 0 unspecified atom stereocenters. The molecule has 3 nitrogen and oxygen atoms in total. The summed E-state index contributed by atoms with van der Waals surface area (Å²) in [5, 5.41) is 3.52. The van der Waals surface area contributed by atoms with E-state index in [0.717, 1.165) is 13.1 Å². The molecule has 76 valence electrons. The standard InChI is InChI=1S/C11H17N3/c1-9-7-14(8-10(2)13-9)11-4-3-5-12-6-11/h3-6,9-10,13H,7-8H2,1-2H3/t9-,10+. The Labute approximate surface area is 85.1 Å². The maximum atomic E-state index is 4.15. The molecule has 1 N–H and O–H groups in total. The number of hydrogen-bond acceptors (Lipinski definition) is 3. The van der Waals surface area contributed by atoms with Crippen molar-refractivity contribution >= 4 is 5.69 Å². The Hall–Kier alpha value is -1.09. The van der Waals surface area contributed by atoms with Crippen LogP contribution in [0.1, 0.15) is 13.8 Å². The van der Waals surface area contributed by atoms with Crippen LogP contribution in [0.25, 0.3) is 0 Å². The summed E-state index contributed by atoms with van der Waals surface area (Å²) in [5.41, 5.74) is 1.23. The molecule has 0 spiro atoms. The quantitative estimate of drug-likeness (QED) is 0.724. The Balaban J connectivity index is 2.11. The molecule has 2 heterocycles. The molecular formula is C11H17N3. The fourth-order valence-electron chi connectivity index (χ4n) is 2.08. The SMILES string of the molecule is C[C@@H]1CN(c2cccnc2)C[C@H](C)N1. The van der Waals surface area contributed by atoms with Gasteiger partial charge in [-0.1, -0.05) is 0 Å². The van der Waals surface area contributed by atoms with Gasteiger partial charge < -0.3 is 10.2 Å². The summed E-state index contributed by atoms with van der Waals surface area (Å²) in [6.07, 6.45) is 3.75. The van der Waals surface area contributed by atoms with Gasteiger partial charge in [-0.05, 0) is 26.0 Å². The van der Waals surface area contributed by atoms with Crippen LogP contribution in [0, 0.1) is 0 Å². The number of rotatable bonds is 1. The first-order chi connectivity index (χ1) is 6.75. The second-order valence-electron chi connectivity index (χ2n) is 4.08. The lowest BCUT2D eigenvalue weighted by Gasteiger charge is -2.37. The van der Waals surface area contributed by atoms with Crippen LogP contribution in [0.2, 0.25) is 0 Å². The second kappa shape index (κ2) is 3.96. The molecule has 0 radical (unpaired) electrons. The van der Waals surface area contributed by atoms with Crippen LogP contribution in [0.4, 0.5) is 5.69 Å². The molecule has 1 fully saturated rings. The molecule has 2 atom stereocenters. The highest BCUT2D eigenvalue weighted by Gasteiger charge is 2.20. The van der Waals surface area contributed by atoms with Gasteiger partial charge in [0.25, 0.3) is 0 Å². The van der Waals surface area contributed by atoms with Gasteiger partial charge in [0.05, 0.1) is 11.9 Å². The number of piperazine rings is 1. The fourth-order valence-corrected chi connectivity index (χ4v) is 2.08. The monoisotopic (exact) mass is 191 g/mol. The number of nitrogens with zero attached hydrogens (tertiary/aromatic N) is 2. The summed E-state index contributed by atoms with van der Waals surface area (Å²) >= 11 is 0. The van der Waals surface area contributed by atoms with Crippen molar-refractivity contribution in [3.63, 3.8) is 0 Å². The zero-order chi connectivity index (χ0) is 9.97. The van der Waals surface area contributed by atoms with E-state index in [0.29, 0.717) is 12.1 Å². The normalized spacial score (nSPS) is 27.7. The fraction of sp³-hybridized carbons (Fsp3) is 0.545. The zero-order valence-electron chi connectivity index (χ0n) is 8.77. The first-order valence-electron chi connectivity index (χ1n) is 5.17. The molecule has 14 heavy (non-hydrogen) atoms. The molecule has 0 amide bonds. The zero-order valence-corrected chi connectivity index (χ0v) is 8.77. The van der Waals surface area contributed by atoms with Crippen molar-refractivity contribution in [2.24, 2.45) is 0 Å². The van der Waals surface area contributed by atoms with Crippen LogP contribution in [0.3, 0.4) is 0 Å². The minimum absolute atomic E-state index is 0.555. The third kappa shape index (κ3) is 2.04. The Morgan fingerprint density at radius 1 is 1.36 bits per heavy atom. The first kappa shape index (κ1) is 9.46. The van der Waals surface area contributed by atoms with E-state index >= 15 is 0 Å². The lowest BCUT2D eigenvalue weighted by atomic mass is 10.1. The predicted molar refractivity (Wildman–Crippen MR) is 58.5 cm³/mol. The summed E-state index contributed by atoms with van der Waals surface area (Å²) in [7, 11) is 0. The highest BCUT2D eigenvalue weighted by atomic mass is 15.2. The van der Waals surface area contributed by atoms with Gasteiger partial charge in [0, 0.05) is 31.4 Å². The number of nitrogens with one attached hydrogen (secondary N) is 1. The van der Waals surface area contributed by atoms with E-state index in [4.69, 9.17) is 0 Å². The van der Waals surface area contributed by atoms with Gasteiger partial charge >= 0.3 is 0 Å². The van der Waals surface area contributed by atoms with Gasteiger partial charge in [0.2, 0.25) is 0 Å². The van der Waals surface area contributed by atoms with Crippen molar-refractivity contribution in [3.8, 4) is 0 Å². The summed E-state index contributed by atoms with van der Waals surface area (Å²) in [6.45, 7) is 6.57. The number of anilines is 1. The van der Waals surface area contributed by atoms with Gasteiger partial charge in [-0.3, -0.25) is 4.98 Å². The predicted octanol–water partition coefficient (Wildman–Crippen LogP) is 1.27. The summed E-state index contributed by atoms with van der Waals surface area (Å²) < 4.78 is 0. The summed E-state index contributed by atoms with van der Waals surface area (Å²) in [4.78, 5) is 6.54. The van der Waals surface area contributed by atoms with Crippen LogP contribution in [0.15, 0.2) is 24.5 Å². The summed E-state index contributed by atoms with van der Waals surface area (Å²) in [5.74, 6) is 0. The van der Waals surface area contributed by atoms with E-state index in [-0.39, 0.29) is 0 Å². The van der Waals surface area contributed by atoms with Gasteiger partial charge in [0.1, 0.15) is 0 Å². The molecule has 2 rings (SSSR count). The molecule has 1 aromatic rings. The molecule has 3 heteroatoms. The molecule has 1 saturated heterocycles. The van der Waals surface area contributed by atoms with Crippen LogP contribution in [0.5, 0.6) is 0 Å². The molecule has 0 saturated carbocycles. The maximum Gasteiger partial charge on any atom is 0.0553 e. The van der Waals surface area contributed by atoms with Crippen molar-refractivity contribution in [2.45, 2.75) is 25.9 Å². The molecule has 0 aliphatic carbocycles. The van der Waals surface area contributed by atoms with E-state index in [2.05, 4.69) is 35.1 Å². The van der Waals surface area contributed by atoms with Gasteiger partial charge in [-0.2, -0.15) is 0 Å². The van der Waals surface area contributed by atoms with Crippen LogP contribution in [-0.4, -0.2) is 30.2 Å². The van der Waals surface area contributed by atoms with Crippen molar-refractivity contribution in [2.75, 3.05) is 18.0 Å². The smallest absolute Gasteiger partial charge is 0.0553 e. The third-order valence-corrected chi connectivity index (χ3v) is 2.57. The van der Waals surface area contributed by atoms with Crippen molar-refractivity contribution < 1.29 is 0 Å². The Bertz CT molecular complexity index is 276. The van der Waals surface area contributed by atoms with Gasteiger partial charge in [0.15, 0.2) is 0 Å². The minimum atomic E-state index is 0.555. The lowest BCUT2D eigenvalue weighted by molar-refractivity contribution is 0.407. The van der Waals surface area contributed by atoms with Gasteiger partial charge in [-0.15, -0.1) is 0 Å². The molecule has 1 aliphatic rings. The van der Waals surface area contributed by atoms with Crippen LogP contribution >= 0.6 is 0 Å². The Morgan fingerprint density at radius 2 is 2.07 bits per heavy atom. The lowest BCUT2D eigenvalue weighted by Crippen LogP contribution is -2.54. The maximum absolute atomic E-state index is 4.15. The number of hydrogen-bond donors (Lipinski definition) is 1. The van der Waals surface area contributed by atoms with Crippen molar-refractivity contribution in [1.29, 1.82) is 0 Å². The van der Waals surface area contributed by atoms with Gasteiger partial charge in [-0.25, -0.2) is 0 Å². The van der Waals surface area contributed by atoms with E-state index in [1.165, 1.54) is 5.69 Å². The van der Waals surface area contributed by atoms with E-state index < -0.39 is 0 Å². The van der Waals surface area contributed by atoms with Crippen LogP contribution < -0.4 is 10.2 Å². The summed E-state index contributed by atoms with van der Waals surface area (Å²) in [6, 6.07) is 5.22. The highest BCUT2D eigenvalue weighted by molar-refractivity contribution is 5.44. The van der Waals surface area contributed by atoms with Crippen LogP contribution in [-0.2, 0) is 0 Å². The average Bonchev–Trinajstić information content (AvgIpc) is 2.18. The van der Waals surface area contributed by atoms with E-state index in [1.807, 2.05) is 18.5 Å². The minimum Gasteiger partial charge on any atom is -0.367 e. The molecule has 0 bridgehead atoms. The Morgan fingerprint density at radius 3 is 2.64 bits per heavy atom. The molecular weight excluding hydrogens is 174 g/mol. The molecule has 1 aliphatic heterocycles. The first-order valence-corrected chi connectivity index (χ1v) is 5.17. The average molecular weight is 191 g/mol. The second-order valence-corrected chi connectivity index (χ2v) is 4.08. The topological polar surface area (TPSA) is 28.2 Å².